The van der Waals surface area contributed by atoms with E-state index in [-0.39, 0.29) is 31.1 Å². The summed E-state index contributed by atoms with van der Waals surface area (Å²) in [6.07, 6.45) is 1.13. The maximum atomic E-state index is 13.3. The second-order valence-corrected chi connectivity index (χ2v) is 6.37. The number of nitrogens with zero attached hydrogens (tertiary/aromatic N) is 2. The Labute approximate surface area is 160 Å². The summed E-state index contributed by atoms with van der Waals surface area (Å²) in [7, 11) is 0. The maximum Gasteiger partial charge on any atom is 0.323 e. The Balaban J connectivity index is 1.53. The van der Waals surface area contributed by atoms with E-state index in [1.54, 1.807) is 17.0 Å². The molecule has 1 aromatic carbocycles. The van der Waals surface area contributed by atoms with Crippen LogP contribution in [0.3, 0.4) is 0 Å². The largest absolute Gasteiger partial charge is 0.489 e. The molecule has 1 atom stereocenters. The molecule has 1 fully saturated rings. The number of anilines is 1. The van der Waals surface area contributed by atoms with Gasteiger partial charge in [0.05, 0.1) is 24.8 Å². The second-order valence-electron chi connectivity index (χ2n) is 5.96. The van der Waals surface area contributed by atoms with Crippen LogP contribution < -0.4 is 10.1 Å². The Kier molecular flexibility index (Phi) is 6.44. The van der Waals surface area contributed by atoms with Crippen molar-refractivity contribution in [1.29, 1.82) is 0 Å². The molecule has 0 bridgehead atoms. The number of hydrogen-bond acceptors (Lipinski definition) is 5. The molecule has 2 N–H and O–H groups in total. The molecule has 1 saturated heterocycles. The number of aliphatic hydroxyl groups excluding tert-OH is 1. The number of hydrogen-bond donors (Lipinski definition) is 2. The number of urea groups is 1. The Hall–Kier alpha value is -2.42. The van der Waals surface area contributed by atoms with E-state index < -0.39 is 5.82 Å². The SMILES string of the molecule is O=C(Nc1ccc(CO)cn1)N1CCOC(COc2cc(F)ccc2Cl)C1. The summed E-state index contributed by atoms with van der Waals surface area (Å²) in [6, 6.07) is 6.87. The number of halogens is 2. The van der Waals surface area contributed by atoms with E-state index in [9.17, 15) is 9.18 Å². The summed E-state index contributed by atoms with van der Waals surface area (Å²) in [5.41, 5.74) is 0.660. The molecule has 0 saturated carbocycles. The van der Waals surface area contributed by atoms with Crippen molar-refractivity contribution >= 4 is 23.4 Å². The molecule has 27 heavy (non-hydrogen) atoms. The van der Waals surface area contributed by atoms with E-state index in [0.717, 1.165) is 0 Å². The van der Waals surface area contributed by atoms with Crippen LogP contribution in [0.4, 0.5) is 15.0 Å². The molecule has 0 spiro atoms. The van der Waals surface area contributed by atoms with Crippen LogP contribution in [0.15, 0.2) is 36.5 Å². The zero-order chi connectivity index (χ0) is 19.2. The van der Waals surface area contributed by atoms with Gasteiger partial charge in [-0.15, -0.1) is 0 Å². The Bertz CT molecular complexity index is 791. The fourth-order valence-corrected chi connectivity index (χ4v) is 2.73. The number of benzene rings is 1. The average molecular weight is 396 g/mol. The van der Waals surface area contributed by atoms with Gasteiger partial charge in [0, 0.05) is 18.8 Å². The molecule has 2 amide bonds. The zero-order valence-electron chi connectivity index (χ0n) is 14.4. The fourth-order valence-electron chi connectivity index (χ4n) is 2.56. The molecule has 1 aromatic heterocycles. The Morgan fingerprint density at radius 1 is 1.44 bits per heavy atom. The third-order valence-corrected chi connectivity index (χ3v) is 4.30. The predicted molar refractivity (Wildman–Crippen MR) is 97.4 cm³/mol. The van der Waals surface area contributed by atoms with Crippen molar-refractivity contribution in [3.8, 4) is 5.75 Å². The first-order valence-corrected chi connectivity index (χ1v) is 8.74. The van der Waals surface area contributed by atoms with E-state index in [1.165, 1.54) is 24.4 Å². The van der Waals surface area contributed by atoms with Crippen LogP contribution in [0.1, 0.15) is 5.56 Å². The minimum absolute atomic E-state index is 0.109. The van der Waals surface area contributed by atoms with Gasteiger partial charge in [0.25, 0.3) is 0 Å². The van der Waals surface area contributed by atoms with E-state index in [2.05, 4.69) is 10.3 Å². The van der Waals surface area contributed by atoms with Gasteiger partial charge in [0.1, 0.15) is 30.1 Å². The average Bonchev–Trinajstić information content (AvgIpc) is 2.69. The molecule has 1 aliphatic heterocycles. The first kappa shape index (κ1) is 19.3. The van der Waals surface area contributed by atoms with Crippen LogP contribution in [0.25, 0.3) is 0 Å². The first-order chi connectivity index (χ1) is 13.0. The van der Waals surface area contributed by atoms with Crippen molar-refractivity contribution in [2.24, 2.45) is 0 Å². The van der Waals surface area contributed by atoms with Crippen LogP contribution in [-0.4, -0.2) is 53.4 Å². The van der Waals surface area contributed by atoms with Gasteiger partial charge in [-0.25, -0.2) is 14.2 Å². The Morgan fingerprint density at radius 3 is 3.04 bits per heavy atom. The fraction of sp³-hybridized carbons (Fsp3) is 0.333. The van der Waals surface area contributed by atoms with Crippen LogP contribution in [0, 0.1) is 5.82 Å². The maximum absolute atomic E-state index is 13.3. The van der Waals surface area contributed by atoms with Gasteiger partial charge >= 0.3 is 6.03 Å². The number of ether oxygens (including phenoxy) is 2. The number of pyridine rings is 1. The molecule has 2 aromatic rings. The van der Waals surface area contributed by atoms with E-state index in [1.807, 2.05) is 0 Å². The number of rotatable bonds is 5. The molecule has 0 aliphatic carbocycles. The van der Waals surface area contributed by atoms with Gasteiger partial charge in [-0.2, -0.15) is 0 Å². The van der Waals surface area contributed by atoms with Gasteiger partial charge in [-0.1, -0.05) is 17.7 Å². The summed E-state index contributed by atoms with van der Waals surface area (Å²) in [4.78, 5) is 18.1. The molecule has 1 aliphatic rings. The van der Waals surface area contributed by atoms with Crippen LogP contribution in [0.5, 0.6) is 5.75 Å². The van der Waals surface area contributed by atoms with Gasteiger partial charge in [0.2, 0.25) is 0 Å². The van der Waals surface area contributed by atoms with Crippen molar-refractivity contribution in [2.75, 3.05) is 31.6 Å². The Morgan fingerprint density at radius 2 is 2.30 bits per heavy atom. The van der Waals surface area contributed by atoms with Crippen LogP contribution in [-0.2, 0) is 11.3 Å². The molecule has 9 heteroatoms. The summed E-state index contributed by atoms with van der Waals surface area (Å²) < 4.78 is 24.4. The number of nitrogens with one attached hydrogen (secondary N) is 1. The highest BCUT2D eigenvalue weighted by Gasteiger charge is 2.25. The lowest BCUT2D eigenvalue weighted by atomic mass is 10.3. The minimum atomic E-state index is -0.445. The zero-order valence-corrected chi connectivity index (χ0v) is 15.2. The van der Waals surface area contributed by atoms with Gasteiger partial charge in [-0.05, 0) is 23.8 Å². The smallest absolute Gasteiger partial charge is 0.323 e. The third-order valence-electron chi connectivity index (χ3n) is 3.99. The molecule has 3 rings (SSSR count). The highest BCUT2D eigenvalue weighted by atomic mass is 35.5. The topological polar surface area (TPSA) is 83.9 Å². The van der Waals surface area contributed by atoms with Crippen LogP contribution in [0.2, 0.25) is 5.02 Å². The monoisotopic (exact) mass is 395 g/mol. The first-order valence-electron chi connectivity index (χ1n) is 8.36. The quantitative estimate of drug-likeness (QED) is 0.813. The van der Waals surface area contributed by atoms with Gasteiger partial charge < -0.3 is 19.5 Å². The third kappa shape index (κ3) is 5.29. The van der Waals surface area contributed by atoms with E-state index in [0.29, 0.717) is 36.1 Å². The highest BCUT2D eigenvalue weighted by molar-refractivity contribution is 6.32. The summed E-state index contributed by atoms with van der Waals surface area (Å²) in [5.74, 6) is 0.178. The van der Waals surface area contributed by atoms with Crippen molar-refractivity contribution in [3.63, 3.8) is 0 Å². The molecule has 7 nitrogen and oxygen atoms in total. The number of morpholine rings is 1. The van der Waals surface area contributed by atoms with Crippen molar-refractivity contribution in [1.82, 2.24) is 9.88 Å². The lowest BCUT2D eigenvalue weighted by Gasteiger charge is -2.32. The number of carbonyl (C=O) groups is 1. The van der Waals surface area contributed by atoms with E-state index >= 15 is 0 Å². The van der Waals surface area contributed by atoms with Crippen molar-refractivity contribution in [2.45, 2.75) is 12.7 Å². The lowest BCUT2D eigenvalue weighted by Crippen LogP contribution is -2.49. The number of aliphatic hydroxyl groups is 1. The number of aromatic nitrogens is 1. The highest BCUT2D eigenvalue weighted by Crippen LogP contribution is 2.25. The molecule has 2 heterocycles. The summed E-state index contributed by atoms with van der Waals surface area (Å²) in [6.45, 7) is 1.12. The lowest BCUT2D eigenvalue weighted by molar-refractivity contribution is -0.0337. The molecule has 1 unspecified atom stereocenters. The summed E-state index contributed by atoms with van der Waals surface area (Å²) >= 11 is 5.98. The van der Waals surface area contributed by atoms with Crippen LogP contribution >= 0.6 is 11.6 Å². The molecular formula is C18H19ClFN3O4. The minimum Gasteiger partial charge on any atom is -0.489 e. The van der Waals surface area contributed by atoms with Crippen molar-refractivity contribution < 1.29 is 23.8 Å². The van der Waals surface area contributed by atoms with Gasteiger partial charge in [0.15, 0.2) is 0 Å². The predicted octanol–water partition coefficient (Wildman–Crippen LogP) is 2.68. The second kappa shape index (κ2) is 8.98. The molecule has 144 valence electrons. The number of amides is 2. The number of carbonyl (C=O) groups excluding carboxylic acids is 1. The standard InChI is InChI=1S/C18H19ClFN3O4/c19-15-3-2-13(20)7-16(15)27-11-14-9-23(5-6-26-14)18(25)22-17-4-1-12(10-24)8-21-17/h1-4,7-8,14,24H,5-6,9-11H2,(H,21,22,25). The summed E-state index contributed by atoms with van der Waals surface area (Å²) in [5, 5.41) is 12.0. The van der Waals surface area contributed by atoms with E-state index in [4.69, 9.17) is 26.2 Å². The molecular weight excluding hydrogens is 377 g/mol. The molecule has 0 radical (unpaired) electrons. The van der Waals surface area contributed by atoms with Gasteiger partial charge in [-0.3, -0.25) is 5.32 Å². The normalized spacial score (nSPS) is 16.9. The van der Waals surface area contributed by atoms with Crippen molar-refractivity contribution in [3.05, 3.63) is 52.9 Å².